The van der Waals surface area contributed by atoms with Gasteiger partial charge in [-0.25, -0.2) is 8.42 Å². The van der Waals surface area contributed by atoms with E-state index in [1.54, 1.807) is 60.7 Å². The zero-order valence-corrected chi connectivity index (χ0v) is 18.5. The molecule has 0 unspecified atom stereocenters. The Morgan fingerprint density at radius 1 is 0.933 bits per heavy atom. The van der Waals surface area contributed by atoms with Crippen LogP contribution in [0.2, 0.25) is 10.0 Å². The normalized spacial score (nSPS) is 11.6. The maximum Gasteiger partial charge on any atom is 0.271 e. The molecule has 3 aromatic carbocycles. The summed E-state index contributed by atoms with van der Waals surface area (Å²) in [7, 11) is -4.11. The van der Waals surface area contributed by atoms with E-state index >= 15 is 0 Å². The molecule has 0 bridgehead atoms. The number of aryl methyl sites for hydroxylation is 1. The Balaban J connectivity index is 2.02. The van der Waals surface area contributed by atoms with Crippen LogP contribution in [0.5, 0.6) is 0 Å². The quantitative estimate of drug-likeness (QED) is 0.425. The minimum absolute atomic E-state index is 0.0286. The fourth-order valence-electron chi connectivity index (χ4n) is 2.80. The Morgan fingerprint density at radius 2 is 1.60 bits per heavy atom. The molecule has 0 aliphatic rings. The van der Waals surface area contributed by atoms with E-state index in [4.69, 9.17) is 23.2 Å². The summed E-state index contributed by atoms with van der Waals surface area (Å²) in [5.74, 6) is -0.700. The van der Waals surface area contributed by atoms with E-state index in [0.717, 1.165) is 16.3 Å². The van der Waals surface area contributed by atoms with Gasteiger partial charge in [0.15, 0.2) is 0 Å². The number of nitrogens with zero attached hydrogens (tertiary/aromatic N) is 1. The second-order valence-electron chi connectivity index (χ2n) is 6.45. The van der Waals surface area contributed by atoms with Crippen LogP contribution in [-0.4, -0.2) is 14.3 Å². The van der Waals surface area contributed by atoms with Gasteiger partial charge in [-0.15, -0.1) is 0 Å². The molecule has 0 fully saturated rings. The van der Waals surface area contributed by atoms with Crippen molar-refractivity contribution in [3.63, 3.8) is 0 Å². The zero-order valence-electron chi connectivity index (χ0n) is 16.1. The van der Waals surface area contributed by atoms with Gasteiger partial charge in [-0.2, -0.15) is 4.31 Å². The average molecular weight is 460 g/mol. The number of amides is 1. The average Bonchev–Trinajstić information content (AvgIpc) is 2.75. The SMILES string of the molecule is CCc1ccc(N(C(=O)/C=C/c2ccc(Cl)c(Cl)c2)S(=O)(=O)c2ccccc2)cc1. The second kappa shape index (κ2) is 9.47. The minimum atomic E-state index is -4.11. The van der Waals surface area contributed by atoms with Crippen LogP contribution in [0.1, 0.15) is 18.1 Å². The Hall–Kier alpha value is -2.60. The van der Waals surface area contributed by atoms with Gasteiger partial charge in [0.05, 0.1) is 20.6 Å². The number of hydrogen-bond acceptors (Lipinski definition) is 3. The molecule has 7 heteroatoms. The Kier molecular flexibility index (Phi) is 6.98. The molecule has 30 heavy (non-hydrogen) atoms. The van der Waals surface area contributed by atoms with Gasteiger partial charge < -0.3 is 0 Å². The first-order valence-electron chi connectivity index (χ1n) is 9.19. The molecule has 0 heterocycles. The topological polar surface area (TPSA) is 54.5 Å². The van der Waals surface area contributed by atoms with Crippen molar-refractivity contribution in [3.05, 3.63) is 100 Å². The van der Waals surface area contributed by atoms with E-state index in [9.17, 15) is 13.2 Å². The lowest BCUT2D eigenvalue weighted by Crippen LogP contribution is -2.35. The summed E-state index contributed by atoms with van der Waals surface area (Å²) in [4.78, 5) is 13.1. The lowest BCUT2D eigenvalue weighted by Gasteiger charge is -2.21. The smallest absolute Gasteiger partial charge is 0.268 e. The molecule has 0 aromatic heterocycles. The highest BCUT2D eigenvalue weighted by molar-refractivity contribution is 7.93. The molecule has 0 atom stereocenters. The lowest BCUT2D eigenvalue weighted by molar-refractivity contribution is -0.113. The van der Waals surface area contributed by atoms with Crippen LogP contribution in [-0.2, 0) is 21.2 Å². The molecule has 0 N–H and O–H groups in total. The monoisotopic (exact) mass is 459 g/mol. The molecule has 0 spiro atoms. The van der Waals surface area contributed by atoms with Gasteiger partial charge in [0, 0.05) is 6.08 Å². The van der Waals surface area contributed by atoms with Crippen LogP contribution < -0.4 is 4.31 Å². The molecule has 1 amide bonds. The first-order chi connectivity index (χ1) is 14.3. The van der Waals surface area contributed by atoms with Gasteiger partial charge in [0.2, 0.25) is 0 Å². The molecule has 0 radical (unpaired) electrons. The van der Waals surface area contributed by atoms with Crippen LogP contribution in [0.25, 0.3) is 6.08 Å². The third kappa shape index (κ3) is 4.93. The molecular weight excluding hydrogens is 441 g/mol. The van der Waals surface area contributed by atoms with E-state index in [-0.39, 0.29) is 10.6 Å². The summed E-state index contributed by atoms with van der Waals surface area (Å²) in [5.41, 5.74) is 1.92. The molecule has 4 nitrogen and oxygen atoms in total. The molecule has 0 aliphatic heterocycles. The van der Waals surface area contributed by atoms with Crippen molar-refractivity contribution in [2.75, 3.05) is 4.31 Å². The molecule has 0 saturated carbocycles. The van der Waals surface area contributed by atoms with Gasteiger partial charge in [-0.3, -0.25) is 4.79 Å². The van der Waals surface area contributed by atoms with Gasteiger partial charge >= 0.3 is 0 Å². The summed E-state index contributed by atoms with van der Waals surface area (Å²) in [6.45, 7) is 2.00. The van der Waals surface area contributed by atoms with E-state index < -0.39 is 15.9 Å². The highest BCUT2D eigenvalue weighted by Gasteiger charge is 2.29. The highest BCUT2D eigenvalue weighted by Crippen LogP contribution is 2.26. The maximum atomic E-state index is 13.3. The second-order valence-corrected chi connectivity index (χ2v) is 9.05. The van der Waals surface area contributed by atoms with Crippen molar-refractivity contribution in [1.29, 1.82) is 0 Å². The lowest BCUT2D eigenvalue weighted by atomic mass is 10.1. The standard InChI is InChI=1S/C23H19Cl2NO3S/c1-2-17-8-12-19(13-9-17)26(30(28,29)20-6-4-3-5-7-20)23(27)15-11-18-10-14-21(24)22(25)16-18/h3-16H,2H2,1H3/b15-11+. The number of hydrogen-bond donors (Lipinski definition) is 0. The summed E-state index contributed by atoms with van der Waals surface area (Å²) in [5, 5.41) is 0.736. The fraction of sp³-hybridized carbons (Fsp3) is 0.0870. The Labute approximate surface area is 186 Å². The number of rotatable bonds is 6. The van der Waals surface area contributed by atoms with Crippen molar-refractivity contribution < 1.29 is 13.2 Å². The van der Waals surface area contributed by atoms with Crippen molar-refractivity contribution in [2.24, 2.45) is 0 Å². The van der Waals surface area contributed by atoms with Gasteiger partial charge in [-0.05, 0) is 60.0 Å². The van der Waals surface area contributed by atoms with Crippen LogP contribution >= 0.6 is 23.2 Å². The van der Waals surface area contributed by atoms with Crippen molar-refractivity contribution >= 4 is 50.9 Å². The summed E-state index contributed by atoms with van der Waals surface area (Å²) in [6.07, 6.45) is 3.50. The Bertz CT molecular complexity index is 1170. The first kappa shape index (κ1) is 22.1. The van der Waals surface area contributed by atoms with Crippen LogP contribution in [0.4, 0.5) is 5.69 Å². The fourth-order valence-corrected chi connectivity index (χ4v) is 4.52. The summed E-state index contributed by atoms with van der Waals surface area (Å²) >= 11 is 11.9. The van der Waals surface area contributed by atoms with E-state index in [1.807, 2.05) is 6.92 Å². The predicted octanol–water partition coefficient (Wildman–Crippen LogP) is 5.99. The largest absolute Gasteiger partial charge is 0.271 e. The number of halogens is 2. The minimum Gasteiger partial charge on any atom is -0.268 e. The third-order valence-electron chi connectivity index (χ3n) is 4.42. The van der Waals surface area contributed by atoms with E-state index in [0.29, 0.717) is 15.6 Å². The van der Waals surface area contributed by atoms with Crippen molar-refractivity contribution in [2.45, 2.75) is 18.2 Å². The zero-order chi connectivity index (χ0) is 21.7. The van der Waals surface area contributed by atoms with Crippen molar-refractivity contribution in [3.8, 4) is 0 Å². The highest BCUT2D eigenvalue weighted by atomic mass is 35.5. The van der Waals surface area contributed by atoms with Crippen LogP contribution in [0, 0.1) is 0 Å². The van der Waals surface area contributed by atoms with Crippen molar-refractivity contribution in [1.82, 2.24) is 0 Å². The molecule has 3 rings (SSSR count). The molecule has 0 aliphatic carbocycles. The predicted molar refractivity (Wildman–Crippen MR) is 122 cm³/mol. The number of carbonyl (C=O) groups is 1. The van der Waals surface area contributed by atoms with Crippen LogP contribution in [0.3, 0.4) is 0 Å². The van der Waals surface area contributed by atoms with Crippen LogP contribution in [0.15, 0.2) is 83.8 Å². The maximum absolute atomic E-state index is 13.3. The van der Waals surface area contributed by atoms with E-state index in [2.05, 4.69) is 0 Å². The number of carbonyl (C=O) groups excluding carboxylic acids is 1. The number of benzene rings is 3. The molecular formula is C23H19Cl2NO3S. The molecule has 154 valence electrons. The van der Waals surface area contributed by atoms with E-state index in [1.165, 1.54) is 24.3 Å². The summed E-state index contributed by atoms with van der Waals surface area (Å²) < 4.78 is 27.3. The van der Waals surface area contributed by atoms with Gasteiger partial charge in [-0.1, -0.05) is 66.5 Å². The number of anilines is 1. The molecule has 3 aromatic rings. The summed E-state index contributed by atoms with van der Waals surface area (Å²) in [6, 6.07) is 19.6. The van der Waals surface area contributed by atoms with Gasteiger partial charge in [0.25, 0.3) is 15.9 Å². The molecule has 0 saturated heterocycles. The Morgan fingerprint density at radius 3 is 2.20 bits per heavy atom. The van der Waals surface area contributed by atoms with Gasteiger partial charge in [0.1, 0.15) is 0 Å². The third-order valence-corrected chi connectivity index (χ3v) is 6.90. The number of sulfonamides is 1. The first-order valence-corrected chi connectivity index (χ1v) is 11.4.